The van der Waals surface area contributed by atoms with Gasteiger partial charge in [0.2, 0.25) is 11.8 Å². The maximum absolute atomic E-state index is 12.2. The molecule has 0 aliphatic carbocycles. The number of carbonyl (C=O) groups excluding carboxylic acids is 1. The Morgan fingerprint density at radius 1 is 1.33 bits per heavy atom. The van der Waals surface area contributed by atoms with E-state index in [1.54, 1.807) is 31.2 Å². The molecule has 8 nitrogen and oxygen atoms in total. The van der Waals surface area contributed by atoms with Crippen molar-refractivity contribution < 1.29 is 9.21 Å². The molecule has 0 aliphatic rings. The van der Waals surface area contributed by atoms with Crippen molar-refractivity contribution in [2.24, 2.45) is 0 Å². The third-order valence-electron chi connectivity index (χ3n) is 2.82. The highest BCUT2D eigenvalue weighted by Crippen LogP contribution is 2.06. The molecule has 8 heteroatoms. The largest absolute Gasteiger partial charge is 0.408 e. The first-order valence-electron chi connectivity index (χ1n) is 6.17. The number of para-hydroxylation sites is 1. The SMILES string of the molecule is Cc1nnc(NC(=O)Cn2cnc3ccccc3c2=O)o1. The van der Waals surface area contributed by atoms with Gasteiger partial charge in [-0.05, 0) is 12.1 Å². The summed E-state index contributed by atoms with van der Waals surface area (Å²) in [6.07, 6.45) is 1.34. The molecule has 0 saturated carbocycles. The van der Waals surface area contributed by atoms with E-state index < -0.39 is 5.91 Å². The van der Waals surface area contributed by atoms with E-state index in [2.05, 4.69) is 20.5 Å². The number of rotatable bonds is 3. The number of benzene rings is 1. The zero-order chi connectivity index (χ0) is 14.8. The number of nitrogens with one attached hydrogen (secondary N) is 1. The monoisotopic (exact) mass is 285 g/mol. The Labute approximate surface area is 118 Å². The molecule has 2 heterocycles. The lowest BCUT2D eigenvalue weighted by Crippen LogP contribution is -2.28. The van der Waals surface area contributed by atoms with Gasteiger partial charge in [-0.2, -0.15) is 0 Å². The second-order valence-corrected chi connectivity index (χ2v) is 4.37. The van der Waals surface area contributed by atoms with E-state index in [1.165, 1.54) is 10.9 Å². The van der Waals surface area contributed by atoms with Crippen LogP contribution >= 0.6 is 0 Å². The van der Waals surface area contributed by atoms with Crippen molar-refractivity contribution in [1.29, 1.82) is 0 Å². The molecule has 3 rings (SSSR count). The van der Waals surface area contributed by atoms with Crippen LogP contribution < -0.4 is 10.9 Å². The van der Waals surface area contributed by atoms with Gasteiger partial charge in [0.05, 0.1) is 17.2 Å². The summed E-state index contributed by atoms with van der Waals surface area (Å²) in [7, 11) is 0. The van der Waals surface area contributed by atoms with Crippen molar-refractivity contribution in [1.82, 2.24) is 19.7 Å². The molecule has 0 bridgehead atoms. The average molecular weight is 285 g/mol. The molecule has 106 valence electrons. The molecule has 0 atom stereocenters. The second kappa shape index (κ2) is 5.16. The lowest BCUT2D eigenvalue weighted by Gasteiger charge is -2.05. The lowest BCUT2D eigenvalue weighted by atomic mass is 10.2. The number of amides is 1. The van der Waals surface area contributed by atoms with Crippen molar-refractivity contribution in [3.05, 3.63) is 46.8 Å². The van der Waals surface area contributed by atoms with Crippen molar-refractivity contribution in [2.75, 3.05) is 5.32 Å². The molecule has 0 spiro atoms. The minimum Gasteiger partial charge on any atom is -0.408 e. The summed E-state index contributed by atoms with van der Waals surface area (Å²) in [4.78, 5) is 28.2. The van der Waals surface area contributed by atoms with Crippen LogP contribution in [-0.2, 0) is 11.3 Å². The van der Waals surface area contributed by atoms with Crippen molar-refractivity contribution in [2.45, 2.75) is 13.5 Å². The third-order valence-corrected chi connectivity index (χ3v) is 2.82. The number of aromatic nitrogens is 4. The van der Waals surface area contributed by atoms with Gasteiger partial charge in [0.15, 0.2) is 0 Å². The summed E-state index contributed by atoms with van der Waals surface area (Å²) in [5, 5.41) is 10.1. The fourth-order valence-electron chi connectivity index (χ4n) is 1.88. The molecule has 0 unspecified atom stereocenters. The first kappa shape index (κ1) is 13.0. The molecule has 2 aromatic heterocycles. The molecular weight excluding hydrogens is 274 g/mol. The molecule has 0 saturated heterocycles. The van der Waals surface area contributed by atoms with E-state index in [0.717, 1.165) is 0 Å². The minimum atomic E-state index is -0.446. The van der Waals surface area contributed by atoms with Crippen LogP contribution in [0, 0.1) is 6.92 Å². The van der Waals surface area contributed by atoms with Gasteiger partial charge >= 0.3 is 6.01 Å². The first-order chi connectivity index (χ1) is 10.1. The van der Waals surface area contributed by atoms with Crippen LogP contribution in [0.4, 0.5) is 6.01 Å². The van der Waals surface area contributed by atoms with E-state index in [1.807, 2.05) is 0 Å². The van der Waals surface area contributed by atoms with E-state index >= 15 is 0 Å². The summed E-state index contributed by atoms with van der Waals surface area (Å²) in [5.41, 5.74) is 0.309. The fraction of sp³-hybridized carbons (Fsp3) is 0.154. The number of nitrogens with zero attached hydrogens (tertiary/aromatic N) is 4. The van der Waals surface area contributed by atoms with E-state index in [9.17, 15) is 9.59 Å². The zero-order valence-electron chi connectivity index (χ0n) is 11.1. The van der Waals surface area contributed by atoms with E-state index in [4.69, 9.17) is 4.42 Å². The van der Waals surface area contributed by atoms with Gasteiger partial charge in [-0.1, -0.05) is 17.2 Å². The molecule has 21 heavy (non-hydrogen) atoms. The highest BCUT2D eigenvalue weighted by Gasteiger charge is 2.10. The molecule has 1 N–H and O–H groups in total. The molecule has 1 amide bonds. The van der Waals surface area contributed by atoms with Crippen LogP contribution in [0.2, 0.25) is 0 Å². The second-order valence-electron chi connectivity index (χ2n) is 4.37. The van der Waals surface area contributed by atoms with Crippen molar-refractivity contribution >= 4 is 22.8 Å². The smallest absolute Gasteiger partial charge is 0.322 e. The Morgan fingerprint density at radius 2 is 2.14 bits per heavy atom. The zero-order valence-corrected chi connectivity index (χ0v) is 11.1. The minimum absolute atomic E-state index is 0.000651. The Kier molecular flexibility index (Phi) is 3.19. The van der Waals surface area contributed by atoms with Crippen LogP contribution in [0.1, 0.15) is 5.89 Å². The number of hydrogen-bond acceptors (Lipinski definition) is 6. The van der Waals surface area contributed by atoms with Gasteiger partial charge in [-0.3, -0.25) is 19.5 Å². The number of fused-ring (bicyclic) bond motifs is 1. The van der Waals surface area contributed by atoms with Crippen LogP contribution in [0.15, 0.2) is 39.8 Å². The molecule has 0 aliphatic heterocycles. The fourth-order valence-corrected chi connectivity index (χ4v) is 1.88. The summed E-state index contributed by atoms with van der Waals surface area (Å²) in [6, 6.07) is 6.95. The Morgan fingerprint density at radius 3 is 2.90 bits per heavy atom. The van der Waals surface area contributed by atoms with E-state index in [0.29, 0.717) is 16.8 Å². The highest BCUT2D eigenvalue weighted by atomic mass is 16.4. The van der Waals surface area contributed by atoms with Crippen LogP contribution in [0.3, 0.4) is 0 Å². The standard InChI is InChI=1S/C13H11N5O3/c1-8-16-17-13(21-8)15-11(19)6-18-7-14-10-5-3-2-4-9(10)12(18)20/h2-5,7H,6H2,1H3,(H,15,17,19). The quantitative estimate of drug-likeness (QED) is 0.760. The van der Waals surface area contributed by atoms with Gasteiger partial charge in [0.1, 0.15) is 6.54 Å². The Balaban J connectivity index is 1.83. The Hall–Kier alpha value is -3.03. The number of carbonyl (C=O) groups is 1. The molecule has 1 aromatic carbocycles. The van der Waals surface area contributed by atoms with Gasteiger partial charge in [0, 0.05) is 6.92 Å². The van der Waals surface area contributed by atoms with Crippen molar-refractivity contribution in [3.8, 4) is 0 Å². The van der Waals surface area contributed by atoms with Gasteiger partial charge in [-0.25, -0.2) is 4.98 Å². The predicted octanol–water partition coefficient (Wildman–Crippen LogP) is 0.727. The molecule has 3 aromatic rings. The number of hydrogen-bond donors (Lipinski definition) is 1. The Bertz CT molecular complexity index is 867. The molecule has 0 radical (unpaired) electrons. The van der Waals surface area contributed by atoms with Crippen LogP contribution in [-0.4, -0.2) is 25.7 Å². The maximum Gasteiger partial charge on any atom is 0.322 e. The summed E-state index contributed by atoms with van der Waals surface area (Å²) in [5.74, 6) is -0.104. The average Bonchev–Trinajstić information content (AvgIpc) is 2.87. The molecular formula is C13H11N5O3. The van der Waals surface area contributed by atoms with Gasteiger partial charge in [-0.15, -0.1) is 5.10 Å². The lowest BCUT2D eigenvalue weighted by molar-refractivity contribution is -0.116. The number of anilines is 1. The van der Waals surface area contributed by atoms with E-state index in [-0.39, 0.29) is 18.1 Å². The van der Waals surface area contributed by atoms with Gasteiger partial charge in [0.25, 0.3) is 5.56 Å². The highest BCUT2D eigenvalue weighted by molar-refractivity contribution is 5.88. The van der Waals surface area contributed by atoms with Crippen LogP contribution in [0.5, 0.6) is 0 Å². The first-order valence-corrected chi connectivity index (χ1v) is 6.17. The summed E-state index contributed by atoms with van der Waals surface area (Å²) < 4.78 is 6.26. The predicted molar refractivity (Wildman–Crippen MR) is 73.7 cm³/mol. The van der Waals surface area contributed by atoms with Crippen molar-refractivity contribution in [3.63, 3.8) is 0 Å². The summed E-state index contributed by atoms with van der Waals surface area (Å²) in [6.45, 7) is 1.43. The van der Waals surface area contributed by atoms with Gasteiger partial charge < -0.3 is 4.42 Å². The normalized spacial score (nSPS) is 10.7. The maximum atomic E-state index is 12.2. The molecule has 0 fully saturated rings. The third kappa shape index (κ3) is 2.64. The topological polar surface area (TPSA) is 103 Å². The summed E-state index contributed by atoms with van der Waals surface area (Å²) >= 11 is 0. The number of aryl methyl sites for hydroxylation is 1. The van der Waals surface area contributed by atoms with Crippen LogP contribution in [0.25, 0.3) is 10.9 Å².